The number of para-hydroxylation sites is 2. The third kappa shape index (κ3) is 15.3. The van der Waals surface area contributed by atoms with Gasteiger partial charge in [-0.3, -0.25) is 4.90 Å². The fourth-order valence-corrected chi connectivity index (χ4v) is 19.1. The van der Waals surface area contributed by atoms with Gasteiger partial charge in [-0.2, -0.15) is 0 Å². The first-order valence-corrected chi connectivity index (χ1v) is 43.7. The molecule has 2 aliphatic heterocycles. The molecule has 20 nitrogen and oxygen atoms in total. The number of halogens is 4. The van der Waals surface area contributed by atoms with Gasteiger partial charge in [0.05, 0.1) is 119 Å². The van der Waals surface area contributed by atoms with Gasteiger partial charge in [-0.15, -0.1) is 0 Å². The molecule has 1 fully saturated rings. The fraction of sp³-hybridized carbons (Fsp3) is 0.206. The Labute approximate surface area is 757 Å². The highest BCUT2D eigenvalue weighted by Gasteiger charge is 2.83. The summed E-state index contributed by atoms with van der Waals surface area (Å²) in [4.78, 5) is 131. The average Bonchev–Trinajstić information content (AvgIpc) is 1.44. The lowest BCUT2D eigenvalue weighted by Crippen LogP contribution is -2.73. The highest BCUT2D eigenvalue weighted by atomic mass is 79.9. The van der Waals surface area contributed by atoms with Gasteiger partial charge in [0.15, 0.2) is 0 Å². The lowest BCUT2D eigenvalue weighted by atomic mass is 9.61. The minimum absolute atomic E-state index is 0.000668. The number of esters is 8. The van der Waals surface area contributed by atoms with Crippen molar-refractivity contribution < 1.29 is 76.3 Å². The van der Waals surface area contributed by atoms with Crippen molar-refractivity contribution in [2.75, 3.05) is 62.7 Å². The number of amidine groups is 1. The summed E-state index contributed by atoms with van der Waals surface area (Å²) in [5.41, 5.74) is -4.07. The van der Waals surface area contributed by atoms with E-state index in [0.717, 1.165) is 0 Å². The smallest absolute Gasteiger partial charge is 0.338 e. The number of anilines is 2. The maximum atomic E-state index is 14.8. The lowest BCUT2D eigenvalue weighted by Gasteiger charge is -2.62. The molecule has 12 aromatic rings. The zero-order valence-electron chi connectivity index (χ0n) is 70.2. The average molecular weight is 1860 g/mol. The third-order valence-corrected chi connectivity index (χ3v) is 24.5. The molecule has 0 amide bonds. The van der Waals surface area contributed by atoms with E-state index in [9.17, 15) is 38.4 Å². The van der Waals surface area contributed by atoms with Crippen LogP contribution in [0.2, 0.25) is 10.0 Å². The molecular formula is C102H88Br2Cl2N4O16. The molecule has 0 spiro atoms. The molecule has 24 heteroatoms. The first-order chi connectivity index (χ1) is 61.1. The van der Waals surface area contributed by atoms with Gasteiger partial charge < -0.3 is 47.7 Å². The minimum Gasteiger partial charge on any atom is -0.462 e. The van der Waals surface area contributed by atoms with E-state index in [4.69, 9.17) is 66.1 Å². The zero-order valence-corrected chi connectivity index (χ0v) is 74.9. The van der Waals surface area contributed by atoms with Gasteiger partial charge in [0.1, 0.15) is 28.0 Å². The molecule has 0 N–H and O–H groups in total. The normalized spacial score (nSPS) is 14.4. The second-order valence-electron chi connectivity index (χ2n) is 29.2. The van der Waals surface area contributed by atoms with E-state index in [1.54, 1.807) is 201 Å². The number of hydrogen-bond acceptors (Lipinski definition) is 20. The van der Waals surface area contributed by atoms with Gasteiger partial charge >= 0.3 is 47.8 Å². The molecule has 2 heterocycles. The van der Waals surface area contributed by atoms with Gasteiger partial charge in [-0.1, -0.05) is 175 Å². The number of hydrogen-bond donors (Lipinski definition) is 0. The molecule has 14 rings (SSSR count). The number of benzene rings is 12. The second-order valence-corrected chi connectivity index (χ2v) is 31.7. The van der Waals surface area contributed by atoms with E-state index in [1.165, 1.54) is 0 Å². The summed E-state index contributed by atoms with van der Waals surface area (Å²) < 4.78 is 47.5. The molecule has 0 unspecified atom stereocenters. The molecule has 0 saturated carbocycles. The summed E-state index contributed by atoms with van der Waals surface area (Å²) in [6.45, 7) is 13.8. The molecule has 0 aliphatic carbocycles. The quantitative estimate of drug-likeness (QED) is 0.0313. The van der Waals surface area contributed by atoms with Gasteiger partial charge in [-0.05, 0) is 271 Å². The Morgan fingerprint density at radius 3 is 0.738 bits per heavy atom. The molecule has 12 aromatic carbocycles. The lowest BCUT2D eigenvalue weighted by molar-refractivity contribution is 0.0464. The summed E-state index contributed by atoms with van der Waals surface area (Å²) >= 11 is 25.8. The van der Waals surface area contributed by atoms with E-state index in [1.807, 2.05) is 146 Å². The van der Waals surface area contributed by atoms with E-state index >= 15 is 0 Å². The predicted octanol–water partition coefficient (Wildman–Crippen LogP) is 21.6. The predicted molar refractivity (Wildman–Crippen MR) is 489 cm³/mol. The summed E-state index contributed by atoms with van der Waals surface area (Å²) in [6.07, 6.45) is 0. The molecule has 1 saturated heterocycles. The van der Waals surface area contributed by atoms with Crippen LogP contribution in [0.1, 0.15) is 194 Å². The molecular weight excluding hydrogens is 1770 g/mol. The maximum Gasteiger partial charge on any atom is 0.338 e. The Balaban J connectivity index is 1.41. The molecule has 126 heavy (non-hydrogen) atoms. The van der Waals surface area contributed by atoms with Crippen molar-refractivity contribution in [1.82, 2.24) is 4.90 Å². The number of aliphatic imine (C=N–C) groups is 1. The Hall–Kier alpha value is -13.0. The van der Waals surface area contributed by atoms with Gasteiger partial charge in [0.25, 0.3) is 0 Å². The number of ether oxygens (including phenoxy) is 8. The van der Waals surface area contributed by atoms with Crippen molar-refractivity contribution in [2.45, 2.75) is 83.3 Å². The minimum atomic E-state index is -2.61. The number of carbonyl (C=O) groups is 8. The van der Waals surface area contributed by atoms with Crippen LogP contribution in [-0.4, -0.2) is 111 Å². The standard InChI is InChI=1S/C102H88Br2Cl2N4O16/c1-9-119-90(111)65-33-49-73(50-34-65)98(74-51-35-66(36-52-74)91(112)120-10-2)99(75-53-37-67(38-54-75)92(113)121-11-3,76-55-39-68(40-56-76)93(114)122-12-4)110(89(107-98)81-25-17-21-29-85(81)105)102(82-26-18-22-30-86(82)106)108(87-31-23-19-27-83(87)103)100(77-57-41-69(42-58-77)94(115)123-13-5,78-59-43-70(44-60-78)95(116)124-14-6)101(109(102)88-32-24-20-28-84(88)104,79-61-45-71(46-62-79)96(117)125-15-7)80-63-47-72(48-64-80)97(118)126-16-8/h17-64H,9-16H2,1-8H3. The highest BCUT2D eigenvalue weighted by Crippen LogP contribution is 2.75. The van der Waals surface area contributed by atoms with Crippen LogP contribution in [0.25, 0.3) is 0 Å². The van der Waals surface area contributed by atoms with Crippen molar-refractivity contribution in [3.05, 3.63) is 410 Å². The van der Waals surface area contributed by atoms with Crippen molar-refractivity contribution in [3.63, 3.8) is 0 Å². The topological polar surface area (TPSA) is 232 Å². The van der Waals surface area contributed by atoms with Crippen LogP contribution in [0.4, 0.5) is 11.4 Å². The van der Waals surface area contributed by atoms with E-state index < -0.39 is 75.7 Å². The van der Waals surface area contributed by atoms with Crippen LogP contribution >= 0.6 is 55.1 Å². The van der Waals surface area contributed by atoms with Gasteiger partial charge in [0, 0.05) is 20.1 Å². The van der Waals surface area contributed by atoms with Crippen LogP contribution in [0.5, 0.6) is 0 Å². The number of carbonyl (C=O) groups excluding carboxylic acids is 8. The summed E-state index contributed by atoms with van der Waals surface area (Å²) in [5, 5.41) is 0.217. The second kappa shape index (κ2) is 38.2. The van der Waals surface area contributed by atoms with Crippen molar-refractivity contribution in [3.8, 4) is 0 Å². The summed E-state index contributed by atoms with van der Waals surface area (Å²) in [6, 6.07) is 85.3. The summed E-state index contributed by atoms with van der Waals surface area (Å²) in [7, 11) is 0. The SMILES string of the molecule is CCOC(=O)c1ccc(C2(c3ccc(C(=O)OCC)cc3)N=C(c3ccccc3Cl)N(C3(c4ccccc4Cl)N(c4ccccc4Br)C(c4ccc(C(=O)OCC)cc4)(c4ccc(C(=O)OCC)cc4)C(c4ccc(C(=O)OCC)cc4)(c4ccc(C(=O)OCC)cc4)N3c3ccccc3Br)C2(c2ccc(C(=O)OCC)cc2)c2ccc(C(=O)OCC)cc2)cc1. The first-order valence-electron chi connectivity index (χ1n) is 41.3. The van der Waals surface area contributed by atoms with Crippen LogP contribution in [0, 0.1) is 0 Å². The molecule has 640 valence electrons. The Bertz CT molecular complexity index is 5670. The van der Waals surface area contributed by atoms with E-state index in [0.29, 0.717) is 64.8 Å². The molecule has 0 atom stereocenters. The highest BCUT2D eigenvalue weighted by molar-refractivity contribution is 9.11. The fourth-order valence-electron chi connectivity index (χ4n) is 17.7. The zero-order chi connectivity index (χ0) is 89.2. The Morgan fingerprint density at radius 1 is 0.270 bits per heavy atom. The monoisotopic (exact) mass is 1850 g/mol. The van der Waals surface area contributed by atoms with E-state index in [2.05, 4.69) is 46.6 Å². The van der Waals surface area contributed by atoms with Gasteiger partial charge in [0.2, 0.25) is 5.79 Å². The molecule has 0 aromatic heterocycles. The van der Waals surface area contributed by atoms with Gasteiger partial charge in [-0.25, -0.2) is 43.3 Å². The van der Waals surface area contributed by atoms with Crippen LogP contribution in [0.15, 0.2) is 305 Å². The van der Waals surface area contributed by atoms with Crippen molar-refractivity contribution in [1.29, 1.82) is 0 Å². The third-order valence-electron chi connectivity index (χ3n) is 22.5. The largest absolute Gasteiger partial charge is 0.462 e. The summed E-state index contributed by atoms with van der Waals surface area (Å²) in [5.74, 6) is -7.84. The number of nitrogens with zero attached hydrogens (tertiary/aromatic N) is 4. The maximum absolute atomic E-state index is 14.8. The Kier molecular flexibility index (Phi) is 27.1. The molecule has 2 aliphatic rings. The van der Waals surface area contributed by atoms with Crippen molar-refractivity contribution in [2.24, 2.45) is 4.99 Å². The molecule has 0 bridgehead atoms. The Morgan fingerprint density at radius 2 is 0.492 bits per heavy atom. The van der Waals surface area contributed by atoms with Crippen LogP contribution in [0.3, 0.4) is 0 Å². The van der Waals surface area contributed by atoms with Crippen molar-refractivity contribution >= 4 is 120 Å². The number of rotatable bonds is 29. The molecule has 0 radical (unpaired) electrons. The first kappa shape index (κ1) is 89.3. The van der Waals surface area contributed by atoms with E-state index in [-0.39, 0.29) is 124 Å². The van der Waals surface area contributed by atoms with Crippen LogP contribution in [-0.2, 0) is 65.8 Å². The van der Waals surface area contributed by atoms with Crippen LogP contribution < -0.4 is 9.80 Å².